The lowest BCUT2D eigenvalue weighted by atomic mass is 9.98. The Morgan fingerprint density at radius 2 is 1.88 bits per heavy atom. The van der Waals surface area contributed by atoms with Crippen molar-refractivity contribution in [1.82, 2.24) is 9.21 Å². The Bertz CT molecular complexity index is 728. The average Bonchev–Trinajstić information content (AvgIpc) is 2.61. The quantitative estimate of drug-likeness (QED) is 0.841. The zero-order valence-corrected chi connectivity index (χ0v) is 14.8. The molecule has 1 saturated heterocycles. The summed E-state index contributed by atoms with van der Waals surface area (Å²) in [6.45, 7) is 1.65. The predicted molar refractivity (Wildman–Crippen MR) is 94.8 cm³/mol. The number of carbonyl (C=O) groups excluding carboxylic acids is 1. The highest BCUT2D eigenvalue weighted by Gasteiger charge is 2.36. The van der Waals surface area contributed by atoms with Gasteiger partial charge in [-0.25, -0.2) is 8.42 Å². The van der Waals surface area contributed by atoms with Gasteiger partial charge in [-0.2, -0.15) is 4.31 Å². The molecule has 2 aliphatic heterocycles. The molecule has 3 rings (SSSR count). The van der Waals surface area contributed by atoms with Gasteiger partial charge in [-0.3, -0.25) is 4.79 Å². The van der Waals surface area contributed by atoms with Crippen LogP contribution in [0.3, 0.4) is 0 Å². The van der Waals surface area contributed by atoms with E-state index >= 15 is 0 Å². The van der Waals surface area contributed by atoms with Gasteiger partial charge in [-0.05, 0) is 30.4 Å². The Hall–Kier alpha value is -1.66. The van der Waals surface area contributed by atoms with E-state index in [1.54, 1.807) is 4.90 Å². The van der Waals surface area contributed by atoms with E-state index in [9.17, 15) is 13.2 Å². The van der Waals surface area contributed by atoms with E-state index in [4.69, 9.17) is 0 Å². The molecule has 0 saturated carbocycles. The van der Waals surface area contributed by atoms with Crippen LogP contribution in [0.5, 0.6) is 0 Å². The second-order valence-corrected chi connectivity index (χ2v) is 8.45. The molecule has 0 unspecified atom stereocenters. The van der Waals surface area contributed by atoms with E-state index in [1.807, 2.05) is 18.2 Å². The fourth-order valence-electron chi connectivity index (χ4n) is 3.54. The van der Waals surface area contributed by atoms with Crippen LogP contribution in [0, 0.1) is 0 Å². The number of piperidine rings is 1. The third kappa shape index (κ3) is 3.70. The zero-order valence-electron chi connectivity index (χ0n) is 14.0. The molecule has 0 aromatic heterocycles. The van der Waals surface area contributed by atoms with Crippen LogP contribution in [0.15, 0.2) is 36.4 Å². The third-order valence-corrected chi connectivity index (χ3v) is 6.12. The molecule has 1 atom stereocenters. The second-order valence-electron chi connectivity index (χ2n) is 6.51. The van der Waals surface area contributed by atoms with Gasteiger partial charge in [0, 0.05) is 19.6 Å². The first-order valence-corrected chi connectivity index (χ1v) is 10.3. The lowest BCUT2D eigenvalue weighted by molar-refractivity contribution is -0.135. The molecule has 0 N–H and O–H groups in total. The molecule has 130 valence electrons. The highest BCUT2D eigenvalue weighted by Crippen LogP contribution is 2.25. The van der Waals surface area contributed by atoms with Crippen LogP contribution < -0.4 is 0 Å². The van der Waals surface area contributed by atoms with Crippen molar-refractivity contribution >= 4 is 21.5 Å². The summed E-state index contributed by atoms with van der Waals surface area (Å²) in [5, 5.41) is 0. The van der Waals surface area contributed by atoms with Crippen molar-refractivity contribution in [2.24, 2.45) is 0 Å². The fraction of sp³-hybridized carbons (Fsp3) is 0.500. The topological polar surface area (TPSA) is 57.7 Å². The van der Waals surface area contributed by atoms with E-state index in [1.165, 1.54) is 21.7 Å². The monoisotopic (exact) mass is 348 g/mol. The Morgan fingerprint density at radius 1 is 1.12 bits per heavy atom. The maximum absolute atomic E-state index is 12.8. The number of carbonyl (C=O) groups is 1. The van der Waals surface area contributed by atoms with Crippen molar-refractivity contribution < 1.29 is 13.2 Å². The summed E-state index contributed by atoms with van der Waals surface area (Å²) in [6, 6.07) is 9.65. The number of amides is 1. The minimum absolute atomic E-state index is 0.0523. The van der Waals surface area contributed by atoms with Gasteiger partial charge in [0.15, 0.2) is 0 Å². The molecule has 1 aromatic carbocycles. The molecule has 1 aromatic rings. The van der Waals surface area contributed by atoms with Crippen LogP contribution in [-0.4, -0.2) is 55.5 Å². The van der Waals surface area contributed by atoms with Crippen LogP contribution in [0.1, 0.15) is 31.2 Å². The minimum Gasteiger partial charge on any atom is -0.337 e. The number of hydrogen-bond donors (Lipinski definition) is 0. The summed E-state index contributed by atoms with van der Waals surface area (Å²) in [5.74, 6) is -0.0523. The molecule has 6 heteroatoms. The van der Waals surface area contributed by atoms with Gasteiger partial charge in [0.1, 0.15) is 6.04 Å². The van der Waals surface area contributed by atoms with E-state index in [-0.39, 0.29) is 5.91 Å². The van der Waals surface area contributed by atoms with E-state index < -0.39 is 16.1 Å². The molecule has 0 radical (unpaired) electrons. The molecule has 0 spiro atoms. The summed E-state index contributed by atoms with van der Waals surface area (Å²) < 4.78 is 25.3. The van der Waals surface area contributed by atoms with Crippen molar-refractivity contribution in [3.05, 3.63) is 42.0 Å². The summed E-state index contributed by atoms with van der Waals surface area (Å²) in [7, 11) is -3.34. The van der Waals surface area contributed by atoms with Crippen LogP contribution in [0.2, 0.25) is 0 Å². The zero-order chi connectivity index (χ0) is 17.2. The first-order chi connectivity index (χ1) is 11.5. The highest BCUT2D eigenvalue weighted by atomic mass is 32.2. The predicted octanol–water partition coefficient (Wildman–Crippen LogP) is 2.12. The molecular weight excluding hydrogens is 324 g/mol. The molecule has 2 heterocycles. The molecular formula is C18H24N2O3S. The Morgan fingerprint density at radius 3 is 2.50 bits per heavy atom. The van der Waals surface area contributed by atoms with Crippen LogP contribution in [-0.2, 0) is 14.8 Å². The third-order valence-electron chi connectivity index (χ3n) is 4.83. The lowest BCUT2D eigenvalue weighted by Crippen LogP contribution is -2.53. The van der Waals surface area contributed by atoms with Crippen LogP contribution in [0.4, 0.5) is 0 Å². The first kappa shape index (κ1) is 17.2. The lowest BCUT2D eigenvalue weighted by Gasteiger charge is -2.37. The van der Waals surface area contributed by atoms with Crippen molar-refractivity contribution in [1.29, 1.82) is 0 Å². The van der Waals surface area contributed by atoms with Crippen molar-refractivity contribution in [2.45, 2.75) is 31.7 Å². The Labute approximate surface area is 144 Å². The number of hydrogen-bond acceptors (Lipinski definition) is 3. The number of sulfonamides is 1. The number of rotatable bonds is 3. The van der Waals surface area contributed by atoms with Crippen LogP contribution >= 0.6 is 0 Å². The SMILES string of the molecule is CS(=O)(=O)N1CCCC[C@@H]1C(=O)N1CC=C(c2ccccc2)CC1. The highest BCUT2D eigenvalue weighted by molar-refractivity contribution is 7.88. The maximum Gasteiger partial charge on any atom is 0.241 e. The molecule has 0 aliphatic carbocycles. The summed E-state index contributed by atoms with van der Waals surface area (Å²) in [6.07, 6.45) is 6.45. The van der Waals surface area contributed by atoms with E-state index in [2.05, 4.69) is 18.2 Å². The molecule has 2 aliphatic rings. The average molecular weight is 348 g/mol. The summed E-state index contributed by atoms with van der Waals surface area (Å²) in [5.41, 5.74) is 2.45. The van der Waals surface area contributed by atoms with Gasteiger partial charge in [0.05, 0.1) is 6.26 Å². The smallest absolute Gasteiger partial charge is 0.241 e. The van der Waals surface area contributed by atoms with E-state index in [0.717, 1.165) is 19.3 Å². The Kier molecular flexibility index (Phi) is 5.06. The van der Waals surface area contributed by atoms with Gasteiger partial charge in [-0.15, -0.1) is 0 Å². The summed E-state index contributed by atoms with van der Waals surface area (Å²) in [4.78, 5) is 14.6. The standard InChI is InChI=1S/C18H24N2O3S/c1-24(22,23)20-12-6-5-9-17(20)18(21)19-13-10-16(11-14-19)15-7-3-2-4-8-15/h2-4,7-8,10,17H,5-6,9,11-14H2,1H3/t17-/m1/s1. The van der Waals surface area contributed by atoms with E-state index in [0.29, 0.717) is 26.1 Å². The van der Waals surface area contributed by atoms with Crippen molar-refractivity contribution in [3.63, 3.8) is 0 Å². The fourth-order valence-corrected chi connectivity index (χ4v) is 4.66. The molecule has 1 fully saturated rings. The molecule has 1 amide bonds. The van der Waals surface area contributed by atoms with Gasteiger partial charge in [-0.1, -0.05) is 42.8 Å². The summed E-state index contributed by atoms with van der Waals surface area (Å²) >= 11 is 0. The van der Waals surface area contributed by atoms with Crippen molar-refractivity contribution in [3.8, 4) is 0 Å². The van der Waals surface area contributed by atoms with Gasteiger partial charge < -0.3 is 4.90 Å². The number of nitrogens with zero attached hydrogens (tertiary/aromatic N) is 2. The largest absolute Gasteiger partial charge is 0.337 e. The molecule has 0 bridgehead atoms. The molecule has 24 heavy (non-hydrogen) atoms. The van der Waals surface area contributed by atoms with Crippen molar-refractivity contribution in [2.75, 3.05) is 25.9 Å². The van der Waals surface area contributed by atoms with Gasteiger partial charge >= 0.3 is 0 Å². The second kappa shape index (κ2) is 7.07. The van der Waals surface area contributed by atoms with Crippen LogP contribution in [0.25, 0.3) is 5.57 Å². The first-order valence-electron chi connectivity index (χ1n) is 8.47. The maximum atomic E-state index is 12.8. The van der Waals surface area contributed by atoms with Gasteiger partial charge in [0.2, 0.25) is 15.9 Å². The van der Waals surface area contributed by atoms with Gasteiger partial charge in [0.25, 0.3) is 0 Å². The molecule has 5 nitrogen and oxygen atoms in total. The normalized spacial score (nSPS) is 23.0. The minimum atomic E-state index is -3.34. The number of benzene rings is 1. The Balaban J connectivity index is 1.71.